The molecule has 0 saturated heterocycles. The van der Waals surface area contributed by atoms with Crippen molar-refractivity contribution in [2.24, 2.45) is 0 Å². The summed E-state index contributed by atoms with van der Waals surface area (Å²) in [4.78, 5) is 4.22. The number of anilines is 3. The van der Waals surface area contributed by atoms with E-state index in [1.54, 1.807) is 0 Å². The SMILES string of the molecule is CC(C)c1cccc(C(C)C)c1N(C)C(=N)N(c1cccc(CCl)c1)c1c(C(C)C)cccc1C(C)C. The van der Waals surface area contributed by atoms with Crippen LogP contribution in [0.1, 0.15) is 107 Å². The number of nitrogens with zero attached hydrogens (tertiary/aromatic N) is 2. The summed E-state index contributed by atoms with van der Waals surface area (Å²) in [5, 5.41) is 9.76. The van der Waals surface area contributed by atoms with Crippen LogP contribution >= 0.6 is 11.6 Å². The molecule has 0 aliphatic carbocycles. The van der Waals surface area contributed by atoms with Gasteiger partial charge in [-0.05, 0) is 63.6 Å². The standard InChI is InChI=1S/C33H44ClN3/c1-21(2)27-15-11-16-28(22(3)4)31(27)36(9)33(35)37(26-14-10-13-25(19-26)20-34)32-29(23(5)6)17-12-18-30(32)24(7)8/h10-19,21-24,35H,20H2,1-9H3. The number of halogens is 1. The zero-order valence-electron chi connectivity index (χ0n) is 24.1. The average molecular weight is 518 g/mol. The fourth-order valence-corrected chi connectivity index (χ4v) is 5.23. The molecule has 1 N–H and O–H groups in total. The predicted molar refractivity (Wildman–Crippen MR) is 164 cm³/mol. The highest BCUT2D eigenvalue weighted by Gasteiger charge is 2.29. The van der Waals surface area contributed by atoms with E-state index in [1.165, 1.54) is 22.3 Å². The molecule has 3 aromatic carbocycles. The summed E-state index contributed by atoms with van der Waals surface area (Å²) in [7, 11) is 2.04. The minimum atomic E-state index is 0.305. The van der Waals surface area contributed by atoms with Crippen molar-refractivity contribution in [2.45, 2.75) is 84.9 Å². The van der Waals surface area contributed by atoms with Gasteiger partial charge < -0.3 is 4.90 Å². The van der Waals surface area contributed by atoms with Crippen LogP contribution in [0.25, 0.3) is 0 Å². The summed E-state index contributed by atoms with van der Waals surface area (Å²) in [6, 6.07) is 21.4. The van der Waals surface area contributed by atoms with Gasteiger partial charge in [0.1, 0.15) is 0 Å². The molecule has 0 atom stereocenters. The fraction of sp³-hybridized carbons (Fsp3) is 0.424. The van der Waals surface area contributed by atoms with Crippen LogP contribution in [0.3, 0.4) is 0 Å². The number of alkyl halides is 1. The molecule has 3 nitrogen and oxygen atoms in total. The third kappa shape index (κ3) is 6.04. The van der Waals surface area contributed by atoms with Crippen LogP contribution in [0.2, 0.25) is 0 Å². The lowest BCUT2D eigenvalue weighted by Gasteiger charge is -2.37. The van der Waals surface area contributed by atoms with Gasteiger partial charge in [0, 0.05) is 18.6 Å². The highest BCUT2D eigenvalue weighted by Crippen LogP contribution is 2.42. The molecule has 0 aliphatic heterocycles. The van der Waals surface area contributed by atoms with Crippen molar-refractivity contribution in [2.75, 3.05) is 16.8 Å². The molecule has 37 heavy (non-hydrogen) atoms. The second kappa shape index (κ2) is 12.2. The molecule has 0 heterocycles. The van der Waals surface area contributed by atoms with Crippen molar-refractivity contribution in [3.8, 4) is 0 Å². The largest absolute Gasteiger partial charge is 0.315 e. The Morgan fingerprint density at radius 1 is 0.676 bits per heavy atom. The first-order valence-electron chi connectivity index (χ1n) is 13.5. The van der Waals surface area contributed by atoms with Crippen LogP contribution in [0, 0.1) is 5.41 Å². The van der Waals surface area contributed by atoms with E-state index in [4.69, 9.17) is 11.6 Å². The Hall–Kier alpha value is -2.78. The third-order valence-corrected chi connectivity index (χ3v) is 7.41. The van der Waals surface area contributed by atoms with E-state index >= 15 is 0 Å². The number of guanidine groups is 1. The molecule has 3 aromatic rings. The third-order valence-electron chi connectivity index (χ3n) is 7.10. The first kappa shape index (κ1) is 28.8. The second-order valence-corrected chi connectivity index (χ2v) is 11.5. The van der Waals surface area contributed by atoms with Crippen LogP contribution in [-0.4, -0.2) is 13.0 Å². The lowest BCUT2D eigenvalue weighted by Crippen LogP contribution is -2.41. The van der Waals surface area contributed by atoms with E-state index in [0.717, 1.165) is 22.6 Å². The maximum Gasteiger partial charge on any atom is 0.207 e. The summed E-state index contributed by atoms with van der Waals surface area (Å²) >= 11 is 6.28. The molecule has 0 radical (unpaired) electrons. The van der Waals surface area contributed by atoms with Gasteiger partial charge >= 0.3 is 0 Å². The second-order valence-electron chi connectivity index (χ2n) is 11.2. The Labute approximate surface area is 230 Å². The molecule has 0 unspecified atom stereocenters. The molecule has 0 fully saturated rings. The molecule has 0 amide bonds. The Balaban J connectivity index is 2.35. The van der Waals surface area contributed by atoms with Crippen molar-refractivity contribution in [1.29, 1.82) is 5.41 Å². The predicted octanol–water partition coefficient (Wildman–Crippen LogP) is 10.1. The zero-order chi connectivity index (χ0) is 27.4. The Kier molecular flexibility index (Phi) is 9.47. The number of hydrogen-bond donors (Lipinski definition) is 1. The monoisotopic (exact) mass is 517 g/mol. The summed E-state index contributed by atoms with van der Waals surface area (Å²) < 4.78 is 0. The molecule has 0 spiro atoms. The van der Waals surface area contributed by atoms with E-state index in [9.17, 15) is 5.41 Å². The van der Waals surface area contributed by atoms with Gasteiger partial charge in [-0.15, -0.1) is 11.6 Å². The van der Waals surface area contributed by atoms with Gasteiger partial charge in [0.2, 0.25) is 5.96 Å². The van der Waals surface area contributed by atoms with Crippen LogP contribution < -0.4 is 9.80 Å². The number of para-hydroxylation sites is 2. The van der Waals surface area contributed by atoms with Gasteiger partial charge in [0.05, 0.1) is 11.4 Å². The average Bonchev–Trinajstić information content (AvgIpc) is 2.87. The summed E-state index contributed by atoms with van der Waals surface area (Å²) in [6.45, 7) is 17.8. The molecule has 3 rings (SSSR count). The lowest BCUT2D eigenvalue weighted by molar-refractivity contribution is 0.824. The molecule has 0 bridgehead atoms. The molecular formula is C33H44ClN3. The van der Waals surface area contributed by atoms with Gasteiger partial charge in [0.15, 0.2) is 0 Å². The van der Waals surface area contributed by atoms with Gasteiger partial charge in [-0.2, -0.15) is 0 Å². The van der Waals surface area contributed by atoms with Crippen molar-refractivity contribution >= 4 is 34.6 Å². The van der Waals surface area contributed by atoms with Crippen molar-refractivity contribution in [1.82, 2.24) is 0 Å². The normalized spacial score (nSPS) is 11.6. The Morgan fingerprint density at radius 2 is 1.08 bits per heavy atom. The molecule has 198 valence electrons. The molecule has 4 heteroatoms. The van der Waals surface area contributed by atoms with Gasteiger partial charge in [0.25, 0.3) is 0 Å². The van der Waals surface area contributed by atoms with Crippen molar-refractivity contribution in [3.05, 3.63) is 88.5 Å². The van der Waals surface area contributed by atoms with Crippen molar-refractivity contribution in [3.63, 3.8) is 0 Å². The Morgan fingerprint density at radius 3 is 1.49 bits per heavy atom. The van der Waals surface area contributed by atoms with Crippen LogP contribution in [-0.2, 0) is 5.88 Å². The quantitative estimate of drug-likeness (QED) is 0.183. The van der Waals surface area contributed by atoms with Crippen LogP contribution in [0.5, 0.6) is 0 Å². The summed E-state index contributed by atoms with van der Waals surface area (Å²) in [5.41, 5.74) is 9.22. The van der Waals surface area contributed by atoms with Gasteiger partial charge in [-0.3, -0.25) is 10.3 Å². The highest BCUT2D eigenvalue weighted by molar-refractivity contribution is 6.17. The summed E-state index contributed by atoms with van der Waals surface area (Å²) in [6.07, 6.45) is 0. The Bertz CT molecular complexity index is 1170. The van der Waals surface area contributed by atoms with E-state index < -0.39 is 0 Å². The summed E-state index contributed by atoms with van der Waals surface area (Å²) in [5.74, 6) is 2.15. The maximum absolute atomic E-state index is 9.76. The smallest absolute Gasteiger partial charge is 0.207 e. The molecule has 0 saturated carbocycles. The molecule has 0 aromatic heterocycles. The number of nitrogens with one attached hydrogen (secondary N) is 1. The van der Waals surface area contributed by atoms with E-state index in [2.05, 4.69) is 114 Å². The first-order chi connectivity index (χ1) is 17.5. The zero-order valence-corrected chi connectivity index (χ0v) is 24.8. The van der Waals surface area contributed by atoms with Crippen LogP contribution in [0.4, 0.5) is 17.1 Å². The minimum Gasteiger partial charge on any atom is -0.315 e. The topological polar surface area (TPSA) is 30.3 Å². The van der Waals surface area contributed by atoms with E-state index in [0.29, 0.717) is 35.5 Å². The van der Waals surface area contributed by atoms with E-state index in [1.807, 2.05) is 19.2 Å². The van der Waals surface area contributed by atoms with E-state index in [-0.39, 0.29) is 0 Å². The molecule has 0 aliphatic rings. The number of hydrogen-bond acceptors (Lipinski definition) is 1. The minimum absolute atomic E-state index is 0.305. The highest BCUT2D eigenvalue weighted by atomic mass is 35.5. The van der Waals surface area contributed by atoms with Gasteiger partial charge in [-0.1, -0.05) is 104 Å². The number of rotatable bonds is 8. The van der Waals surface area contributed by atoms with Crippen molar-refractivity contribution < 1.29 is 0 Å². The lowest BCUT2D eigenvalue weighted by atomic mass is 9.91. The van der Waals surface area contributed by atoms with Crippen LogP contribution in [0.15, 0.2) is 60.7 Å². The number of benzene rings is 3. The fourth-order valence-electron chi connectivity index (χ4n) is 5.06. The van der Waals surface area contributed by atoms with Gasteiger partial charge in [-0.25, -0.2) is 0 Å². The maximum atomic E-state index is 9.76. The molecular weight excluding hydrogens is 474 g/mol. The first-order valence-corrected chi connectivity index (χ1v) is 14.1.